The highest BCUT2D eigenvalue weighted by atomic mass is 79.9. The summed E-state index contributed by atoms with van der Waals surface area (Å²) in [4.78, 5) is 12.4. The second-order valence-corrected chi connectivity index (χ2v) is 15.5. The number of fused-ring (bicyclic) bond motifs is 1. The first-order chi connectivity index (χ1) is 19.3. The predicted octanol–water partition coefficient (Wildman–Crippen LogP) is 3.84. The molecule has 41 heavy (non-hydrogen) atoms. The van der Waals surface area contributed by atoms with Crippen molar-refractivity contribution in [3.63, 3.8) is 0 Å². The Morgan fingerprint density at radius 3 is 1.98 bits per heavy atom. The maximum atomic E-state index is 13.8. The average Bonchev–Trinajstić information content (AvgIpc) is 3.28. The minimum Gasteiger partial charge on any atom is -0.461 e. The van der Waals surface area contributed by atoms with E-state index in [1.54, 1.807) is 18.2 Å². The van der Waals surface area contributed by atoms with Gasteiger partial charge in [-0.1, -0.05) is 50.1 Å². The zero-order valence-electron chi connectivity index (χ0n) is 21.2. The second-order valence-electron chi connectivity index (χ2n) is 8.39. The van der Waals surface area contributed by atoms with Crippen molar-refractivity contribution in [1.82, 2.24) is 13.4 Å². The Labute approximate surface area is 254 Å². The van der Waals surface area contributed by atoms with Crippen molar-refractivity contribution in [2.75, 3.05) is 19.7 Å². The van der Waals surface area contributed by atoms with Crippen LogP contribution in [0.25, 0.3) is 10.9 Å². The van der Waals surface area contributed by atoms with Crippen molar-refractivity contribution in [2.45, 2.75) is 21.6 Å². The number of nitrogens with one attached hydrogen (secondary N) is 2. The van der Waals surface area contributed by atoms with E-state index < -0.39 is 53.2 Å². The summed E-state index contributed by atoms with van der Waals surface area (Å²) in [5, 5.41) is -0.0649. The molecule has 0 saturated heterocycles. The van der Waals surface area contributed by atoms with Crippen LogP contribution in [0.2, 0.25) is 0 Å². The molecule has 1 heterocycles. The third kappa shape index (κ3) is 6.58. The molecule has 0 radical (unpaired) electrons. The van der Waals surface area contributed by atoms with Gasteiger partial charge in [-0.15, -0.1) is 0 Å². The Bertz CT molecular complexity index is 1930. The van der Waals surface area contributed by atoms with Gasteiger partial charge in [-0.25, -0.2) is 43.5 Å². The smallest absolute Gasteiger partial charge is 0.357 e. The van der Waals surface area contributed by atoms with E-state index in [2.05, 4.69) is 41.3 Å². The number of halogens is 2. The van der Waals surface area contributed by atoms with Crippen LogP contribution < -0.4 is 9.44 Å². The van der Waals surface area contributed by atoms with Crippen LogP contribution in [0.1, 0.15) is 17.4 Å². The van der Waals surface area contributed by atoms with Crippen molar-refractivity contribution in [3.05, 3.63) is 87.4 Å². The molecule has 0 bridgehead atoms. The van der Waals surface area contributed by atoms with Crippen LogP contribution in [0.3, 0.4) is 0 Å². The summed E-state index contributed by atoms with van der Waals surface area (Å²) in [6, 6.07) is 17.3. The van der Waals surface area contributed by atoms with E-state index in [0.717, 1.165) is 0 Å². The highest BCUT2D eigenvalue weighted by Crippen LogP contribution is 2.35. The average molecular weight is 749 g/mol. The number of aromatic nitrogens is 1. The number of sulfonamides is 2. The van der Waals surface area contributed by atoms with E-state index in [1.807, 2.05) is 0 Å². The summed E-state index contributed by atoms with van der Waals surface area (Å²) in [5.41, 5.74) is -0.789. The van der Waals surface area contributed by atoms with Crippen LogP contribution in [0.5, 0.6) is 0 Å². The molecular weight excluding hydrogens is 726 g/mol. The lowest BCUT2D eigenvalue weighted by Gasteiger charge is -2.13. The summed E-state index contributed by atoms with van der Waals surface area (Å²) < 4.78 is 91.5. The normalized spacial score (nSPS) is 12.5. The molecule has 1 aromatic heterocycles. The number of rotatable bonds is 11. The fourth-order valence-corrected chi connectivity index (χ4v) is 8.59. The Morgan fingerprint density at radius 1 is 0.780 bits per heavy atom. The highest BCUT2D eigenvalue weighted by molar-refractivity contribution is 9.10. The molecule has 0 aliphatic rings. The minimum atomic E-state index is -4.61. The van der Waals surface area contributed by atoms with Gasteiger partial charge >= 0.3 is 5.97 Å². The van der Waals surface area contributed by atoms with Gasteiger partial charge in [0.15, 0.2) is 5.69 Å². The van der Waals surface area contributed by atoms with Crippen LogP contribution >= 0.6 is 31.9 Å². The maximum Gasteiger partial charge on any atom is 0.357 e. The SMILES string of the molecule is CCOC(=O)c1c(S(=O)(=O)NCCNS(=O)(=O)c2ccc(Br)cc2)c2cc(Br)ccc2n1S(=O)(=O)c1ccccc1. The van der Waals surface area contributed by atoms with Crippen LogP contribution in [-0.4, -0.2) is 54.9 Å². The van der Waals surface area contributed by atoms with Gasteiger partial charge in [0.05, 0.1) is 21.9 Å². The van der Waals surface area contributed by atoms with E-state index in [9.17, 15) is 30.0 Å². The minimum absolute atomic E-state index is 0.0211. The molecule has 0 atom stereocenters. The number of benzene rings is 3. The number of ether oxygens (including phenoxy) is 1. The molecule has 0 spiro atoms. The summed E-state index contributed by atoms with van der Waals surface area (Å²) in [6.07, 6.45) is 0. The molecule has 16 heteroatoms. The molecule has 4 rings (SSSR count). The molecule has 0 aliphatic heterocycles. The number of hydrogen-bond acceptors (Lipinski definition) is 8. The fraction of sp³-hybridized carbons (Fsp3) is 0.160. The first kappa shape index (κ1) is 31.3. The van der Waals surface area contributed by atoms with Crippen molar-refractivity contribution in [2.24, 2.45) is 0 Å². The van der Waals surface area contributed by atoms with Crippen LogP contribution in [0.15, 0.2) is 96.4 Å². The standard InChI is InChI=1S/C25H23Br2N3O8S3/c1-2-38-25(31)23-24(40(34,35)29-15-14-28-39(32,33)19-11-8-17(26)9-12-19)21-16-18(27)10-13-22(21)30(23)41(36,37)20-6-4-3-5-7-20/h3-13,16,28-29H,2,14-15H2,1H3. The lowest BCUT2D eigenvalue weighted by molar-refractivity contribution is 0.0514. The Morgan fingerprint density at radius 2 is 1.37 bits per heavy atom. The maximum absolute atomic E-state index is 13.8. The van der Waals surface area contributed by atoms with Crippen molar-refractivity contribution >= 4 is 78.8 Å². The zero-order valence-corrected chi connectivity index (χ0v) is 26.9. The van der Waals surface area contributed by atoms with Gasteiger partial charge in [-0.3, -0.25) is 0 Å². The van der Waals surface area contributed by atoms with Gasteiger partial charge in [0.25, 0.3) is 10.0 Å². The van der Waals surface area contributed by atoms with Crippen LogP contribution in [0, 0.1) is 0 Å². The molecule has 4 aromatic rings. The number of nitrogens with zero attached hydrogens (tertiary/aromatic N) is 1. The first-order valence-corrected chi connectivity index (χ1v) is 17.9. The summed E-state index contributed by atoms with van der Waals surface area (Å²) in [5.74, 6) is -1.17. The molecule has 218 valence electrons. The molecule has 0 amide bonds. The quantitative estimate of drug-likeness (QED) is 0.173. The third-order valence-corrected chi connectivity index (χ3v) is 11.5. The van der Waals surface area contributed by atoms with Crippen molar-refractivity contribution in [3.8, 4) is 0 Å². The van der Waals surface area contributed by atoms with E-state index in [4.69, 9.17) is 4.74 Å². The van der Waals surface area contributed by atoms with E-state index in [1.165, 1.54) is 61.5 Å². The number of carbonyl (C=O) groups excluding carboxylic acids is 1. The number of esters is 1. The molecule has 11 nitrogen and oxygen atoms in total. The fourth-order valence-electron chi connectivity index (χ4n) is 3.94. The Hall–Kier alpha value is -2.60. The molecule has 0 unspecified atom stereocenters. The van der Waals surface area contributed by atoms with Gasteiger partial charge in [-0.2, -0.15) is 0 Å². The topological polar surface area (TPSA) is 158 Å². The monoisotopic (exact) mass is 747 g/mol. The summed E-state index contributed by atoms with van der Waals surface area (Å²) >= 11 is 6.50. The lowest BCUT2D eigenvalue weighted by Crippen LogP contribution is -2.35. The van der Waals surface area contributed by atoms with E-state index >= 15 is 0 Å². The molecule has 0 saturated carbocycles. The number of hydrogen-bond donors (Lipinski definition) is 2. The Kier molecular flexibility index (Phi) is 9.42. The van der Waals surface area contributed by atoms with Gasteiger partial charge in [0, 0.05) is 27.4 Å². The predicted molar refractivity (Wildman–Crippen MR) is 159 cm³/mol. The Balaban J connectivity index is 1.78. The van der Waals surface area contributed by atoms with Gasteiger partial charge < -0.3 is 4.74 Å². The highest BCUT2D eigenvalue weighted by Gasteiger charge is 2.37. The third-order valence-electron chi connectivity index (χ3n) is 5.69. The molecule has 2 N–H and O–H groups in total. The van der Waals surface area contributed by atoms with E-state index in [-0.39, 0.29) is 33.8 Å². The molecular formula is C25H23Br2N3O8S3. The van der Waals surface area contributed by atoms with Crippen LogP contribution in [-0.2, 0) is 34.8 Å². The van der Waals surface area contributed by atoms with Gasteiger partial charge in [0.1, 0.15) is 4.90 Å². The second kappa shape index (κ2) is 12.3. The summed E-state index contributed by atoms with van der Waals surface area (Å²) in [7, 11) is -13.0. The van der Waals surface area contributed by atoms with Gasteiger partial charge in [-0.05, 0) is 61.5 Å². The zero-order chi connectivity index (χ0) is 30.0. The largest absolute Gasteiger partial charge is 0.461 e. The van der Waals surface area contributed by atoms with Crippen molar-refractivity contribution < 1.29 is 34.8 Å². The summed E-state index contributed by atoms with van der Waals surface area (Å²) in [6.45, 7) is 0.598. The lowest BCUT2D eigenvalue weighted by atomic mass is 10.2. The van der Waals surface area contributed by atoms with Gasteiger partial charge in [0.2, 0.25) is 20.0 Å². The first-order valence-electron chi connectivity index (χ1n) is 11.9. The molecule has 3 aromatic carbocycles. The van der Waals surface area contributed by atoms with E-state index in [0.29, 0.717) is 12.9 Å². The van der Waals surface area contributed by atoms with Crippen LogP contribution in [0.4, 0.5) is 0 Å². The number of carbonyl (C=O) groups is 1. The molecule has 0 fully saturated rings. The van der Waals surface area contributed by atoms with Crippen molar-refractivity contribution in [1.29, 1.82) is 0 Å². The molecule has 0 aliphatic carbocycles.